The maximum Gasteiger partial charge on any atom is 0.233 e. The Morgan fingerprint density at radius 2 is 1.83 bits per heavy atom. The standard InChI is InChI=1S/C24H21FN2OS/c1-16-8-9-17(2)19(12-16)13-23(28)27(15-18-6-4-3-5-7-18)24-26-21-11-10-20(25)14-22(21)29-24/h3-12,14H,13,15H2,1-2H3. The van der Waals surface area contributed by atoms with Crippen molar-refractivity contribution in [2.24, 2.45) is 0 Å². The molecule has 3 aromatic carbocycles. The quantitative estimate of drug-likeness (QED) is 0.419. The first kappa shape index (κ1) is 19.3. The van der Waals surface area contributed by atoms with Crippen molar-refractivity contribution < 1.29 is 9.18 Å². The molecule has 1 aromatic heterocycles. The molecule has 1 heterocycles. The van der Waals surface area contributed by atoms with Gasteiger partial charge in [-0.1, -0.05) is 65.4 Å². The van der Waals surface area contributed by atoms with E-state index in [2.05, 4.69) is 11.1 Å². The fraction of sp³-hybridized carbons (Fsp3) is 0.167. The molecule has 0 unspecified atom stereocenters. The van der Waals surface area contributed by atoms with Crippen LogP contribution in [-0.2, 0) is 17.8 Å². The summed E-state index contributed by atoms with van der Waals surface area (Å²) in [5.74, 6) is -0.328. The number of hydrogen-bond donors (Lipinski definition) is 0. The topological polar surface area (TPSA) is 33.2 Å². The summed E-state index contributed by atoms with van der Waals surface area (Å²) in [6.45, 7) is 4.47. The van der Waals surface area contributed by atoms with E-state index in [-0.39, 0.29) is 11.7 Å². The highest BCUT2D eigenvalue weighted by Crippen LogP contribution is 2.31. The minimum absolute atomic E-state index is 0.0259. The molecule has 1 amide bonds. The van der Waals surface area contributed by atoms with Gasteiger partial charge in [0.2, 0.25) is 5.91 Å². The molecule has 0 saturated carbocycles. The molecule has 0 aliphatic heterocycles. The summed E-state index contributed by atoms with van der Waals surface area (Å²) in [6, 6.07) is 20.5. The molecule has 29 heavy (non-hydrogen) atoms. The Balaban J connectivity index is 1.70. The third kappa shape index (κ3) is 4.35. The minimum Gasteiger partial charge on any atom is -0.283 e. The molecule has 0 N–H and O–H groups in total. The number of anilines is 1. The lowest BCUT2D eigenvalue weighted by atomic mass is 10.0. The van der Waals surface area contributed by atoms with Crippen molar-refractivity contribution in [2.75, 3.05) is 4.90 Å². The molecule has 3 nitrogen and oxygen atoms in total. The minimum atomic E-state index is -0.302. The molecule has 0 fully saturated rings. The van der Waals surface area contributed by atoms with E-state index >= 15 is 0 Å². The van der Waals surface area contributed by atoms with E-state index in [1.54, 1.807) is 11.0 Å². The van der Waals surface area contributed by atoms with E-state index in [4.69, 9.17) is 0 Å². The van der Waals surface area contributed by atoms with Crippen molar-refractivity contribution in [3.05, 3.63) is 94.8 Å². The van der Waals surface area contributed by atoms with E-state index in [9.17, 15) is 9.18 Å². The van der Waals surface area contributed by atoms with Gasteiger partial charge in [0.1, 0.15) is 5.82 Å². The molecule has 0 bridgehead atoms. The Labute approximate surface area is 173 Å². The van der Waals surface area contributed by atoms with Gasteiger partial charge < -0.3 is 0 Å². The fourth-order valence-electron chi connectivity index (χ4n) is 3.28. The van der Waals surface area contributed by atoms with E-state index < -0.39 is 0 Å². The number of hydrogen-bond acceptors (Lipinski definition) is 3. The first-order valence-electron chi connectivity index (χ1n) is 9.46. The van der Waals surface area contributed by atoms with Crippen LogP contribution in [0, 0.1) is 19.7 Å². The molecule has 0 aliphatic carbocycles. The molecular weight excluding hydrogens is 383 g/mol. The van der Waals surface area contributed by atoms with Gasteiger partial charge in [-0.05, 0) is 48.7 Å². The van der Waals surface area contributed by atoms with Gasteiger partial charge in [0.15, 0.2) is 5.13 Å². The SMILES string of the molecule is Cc1ccc(C)c(CC(=O)N(Cc2ccccc2)c2nc3ccc(F)cc3s2)c1. The molecule has 4 aromatic rings. The van der Waals surface area contributed by atoms with E-state index in [0.29, 0.717) is 23.6 Å². The van der Waals surface area contributed by atoms with Crippen LogP contribution in [0.1, 0.15) is 22.3 Å². The van der Waals surface area contributed by atoms with E-state index in [1.807, 2.05) is 56.3 Å². The van der Waals surface area contributed by atoms with Gasteiger partial charge >= 0.3 is 0 Å². The Morgan fingerprint density at radius 3 is 2.62 bits per heavy atom. The van der Waals surface area contributed by atoms with Crippen LogP contribution < -0.4 is 4.90 Å². The largest absolute Gasteiger partial charge is 0.283 e. The highest BCUT2D eigenvalue weighted by molar-refractivity contribution is 7.22. The second-order valence-corrected chi connectivity index (χ2v) is 8.19. The number of carbonyl (C=O) groups is 1. The monoisotopic (exact) mass is 404 g/mol. The van der Waals surface area contributed by atoms with Crippen molar-refractivity contribution in [3.63, 3.8) is 0 Å². The van der Waals surface area contributed by atoms with Crippen LogP contribution in [0.4, 0.5) is 9.52 Å². The summed E-state index contributed by atoms with van der Waals surface area (Å²) >= 11 is 1.34. The zero-order valence-corrected chi connectivity index (χ0v) is 17.2. The summed E-state index contributed by atoms with van der Waals surface area (Å²) < 4.78 is 14.4. The zero-order valence-electron chi connectivity index (χ0n) is 16.4. The van der Waals surface area contributed by atoms with Crippen LogP contribution in [-0.4, -0.2) is 10.9 Å². The van der Waals surface area contributed by atoms with Gasteiger partial charge in [0.25, 0.3) is 0 Å². The van der Waals surface area contributed by atoms with Gasteiger partial charge in [-0.3, -0.25) is 9.69 Å². The highest BCUT2D eigenvalue weighted by atomic mass is 32.1. The maximum absolute atomic E-state index is 13.6. The molecule has 146 valence electrons. The van der Waals surface area contributed by atoms with Gasteiger partial charge in [-0.2, -0.15) is 0 Å². The number of thiazole rings is 1. The molecule has 5 heteroatoms. The van der Waals surface area contributed by atoms with Crippen LogP contribution >= 0.6 is 11.3 Å². The fourth-order valence-corrected chi connectivity index (χ4v) is 4.29. The molecule has 0 radical (unpaired) electrons. The van der Waals surface area contributed by atoms with E-state index in [1.165, 1.54) is 23.5 Å². The van der Waals surface area contributed by atoms with Crippen LogP contribution in [0.15, 0.2) is 66.7 Å². The maximum atomic E-state index is 13.6. The average Bonchev–Trinajstić information content (AvgIpc) is 3.12. The number of rotatable bonds is 5. The number of aryl methyl sites for hydroxylation is 2. The second kappa shape index (κ2) is 8.13. The lowest BCUT2D eigenvalue weighted by molar-refractivity contribution is -0.118. The summed E-state index contributed by atoms with van der Waals surface area (Å²) in [5, 5.41) is 0.588. The van der Waals surface area contributed by atoms with Gasteiger partial charge in [-0.15, -0.1) is 0 Å². The van der Waals surface area contributed by atoms with Crippen LogP contribution in [0.2, 0.25) is 0 Å². The Kier molecular flexibility index (Phi) is 5.41. The predicted octanol–water partition coefficient (Wildman–Crippen LogP) is 5.83. The van der Waals surface area contributed by atoms with Crippen molar-refractivity contribution in [2.45, 2.75) is 26.8 Å². The lowest BCUT2D eigenvalue weighted by Crippen LogP contribution is -2.31. The summed E-state index contributed by atoms with van der Waals surface area (Å²) in [5.41, 5.74) is 4.95. The smallest absolute Gasteiger partial charge is 0.233 e. The number of aromatic nitrogens is 1. The Morgan fingerprint density at radius 1 is 1.03 bits per heavy atom. The summed E-state index contributed by atoms with van der Waals surface area (Å²) in [7, 11) is 0. The first-order chi connectivity index (χ1) is 14.0. The molecule has 0 atom stereocenters. The highest BCUT2D eigenvalue weighted by Gasteiger charge is 2.21. The zero-order chi connectivity index (χ0) is 20.4. The Bertz CT molecular complexity index is 1170. The van der Waals surface area contributed by atoms with Crippen molar-refractivity contribution in [1.29, 1.82) is 0 Å². The van der Waals surface area contributed by atoms with Crippen molar-refractivity contribution >= 4 is 32.6 Å². The van der Waals surface area contributed by atoms with Crippen molar-refractivity contribution in [1.82, 2.24) is 4.98 Å². The Hall–Kier alpha value is -3.05. The number of fused-ring (bicyclic) bond motifs is 1. The van der Waals surface area contributed by atoms with Crippen molar-refractivity contribution in [3.8, 4) is 0 Å². The van der Waals surface area contributed by atoms with E-state index in [0.717, 1.165) is 27.0 Å². The third-order valence-corrected chi connectivity index (χ3v) is 5.94. The summed E-state index contributed by atoms with van der Waals surface area (Å²) in [6.07, 6.45) is 0.296. The second-order valence-electron chi connectivity index (χ2n) is 7.18. The summed E-state index contributed by atoms with van der Waals surface area (Å²) in [4.78, 5) is 19.7. The third-order valence-electron chi connectivity index (χ3n) is 4.90. The number of benzene rings is 3. The normalized spacial score (nSPS) is 11.0. The average molecular weight is 405 g/mol. The number of carbonyl (C=O) groups excluding carboxylic acids is 1. The number of amides is 1. The number of nitrogens with zero attached hydrogens (tertiary/aromatic N) is 2. The van der Waals surface area contributed by atoms with Crippen LogP contribution in [0.3, 0.4) is 0 Å². The van der Waals surface area contributed by atoms with Gasteiger partial charge in [0, 0.05) is 0 Å². The number of halogens is 1. The predicted molar refractivity (Wildman–Crippen MR) is 117 cm³/mol. The van der Waals surface area contributed by atoms with Crippen LogP contribution in [0.25, 0.3) is 10.2 Å². The molecule has 0 aliphatic rings. The molecule has 0 spiro atoms. The van der Waals surface area contributed by atoms with Gasteiger partial charge in [0.05, 0.1) is 23.2 Å². The molecular formula is C24H21FN2OS. The first-order valence-corrected chi connectivity index (χ1v) is 10.3. The molecule has 4 rings (SSSR count). The molecule has 0 saturated heterocycles. The van der Waals surface area contributed by atoms with Crippen LogP contribution in [0.5, 0.6) is 0 Å². The van der Waals surface area contributed by atoms with Gasteiger partial charge in [-0.25, -0.2) is 9.37 Å². The lowest BCUT2D eigenvalue weighted by Gasteiger charge is -2.21.